The van der Waals surface area contributed by atoms with E-state index in [0.717, 1.165) is 13.0 Å². The van der Waals surface area contributed by atoms with Gasteiger partial charge in [-0.2, -0.15) is 11.8 Å². The van der Waals surface area contributed by atoms with Crippen LogP contribution in [0.15, 0.2) is 0 Å². The maximum absolute atomic E-state index is 9.24. The van der Waals surface area contributed by atoms with E-state index < -0.39 is 0 Å². The summed E-state index contributed by atoms with van der Waals surface area (Å²) in [4.78, 5) is 0. The van der Waals surface area contributed by atoms with Crippen LogP contribution in [0.1, 0.15) is 27.2 Å². The summed E-state index contributed by atoms with van der Waals surface area (Å²) in [5, 5.41) is 10.1. The monoisotopic (exact) mass is 192 g/mol. The van der Waals surface area contributed by atoms with Crippen molar-refractivity contribution in [3.05, 3.63) is 0 Å². The van der Waals surface area contributed by atoms with Crippen molar-refractivity contribution in [1.82, 2.24) is 0 Å². The van der Waals surface area contributed by atoms with Crippen molar-refractivity contribution >= 4 is 11.8 Å². The van der Waals surface area contributed by atoms with E-state index in [2.05, 4.69) is 13.8 Å². The lowest BCUT2D eigenvalue weighted by Crippen LogP contribution is -2.18. The van der Waals surface area contributed by atoms with Crippen LogP contribution in [0.25, 0.3) is 0 Å². The minimum absolute atomic E-state index is 0.222. The third-order valence-electron chi connectivity index (χ3n) is 1.85. The molecule has 0 aliphatic carbocycles. The van der Waals surface area contributed by atoms with Gasteiger partial charge in [-0.05, 0) is 13.3 Å². The molecule has 0 radical (unpaired) electrons. The van der Waals surface area contributed by atoms with E-state index in [-0.39, 0.29) is 6.10 Å². The van der Waals surface area contributed by atoms with Crippen LogP contribution in [0.2, 0.25) is 0 Å². The van der Waals surface area contributed by atoms with Crippen LogP contribution in [0.4, 0.5) is 0 Å². The van der Waals surface area contributed by atoms with Crippen molar-refractivity contribution < 1.29 is 9.84 Å². The lowest BCUT2D eigenvalue weighted by Gasteiger charge is -2.18. The molecule has 0 bridgehead atoms. The minimum Gasteiger partial charge on any atom is -0.392 e. The lowest BCUT2D eigenvalue weighted by atomic mass is 10.3. The molecule has 0 spiro atoms. The third kappa shape index (κ3) is 5.86. The molecule has 0 rings (SSSR count). The number of thioether (sulfide) groups is 1. The summed E-state index contributed by atoms with van der Waals surface area (Å²) in [6.07, 6.45) is 0.832. The Morgan fingerprint density at radius 2 is 1.92 bits per heavy atom. The highest BCUT2D eigenvalue weighted by Crippen LogP contribution is 2.22. The molecule has 0 heterocycles. The largest absolute Gasteiger partial charge is 0.392 e. The van der Waals surface area contributed by atoms with Gasteiger partial charge in [0, 0.05) is 24.2 Å². The fourth-order valence-electron chi connectivity index (χ4n) is 0.832. The molecule has 0 aliphatic rings. The molecule has 0 aromatic carbocycles. The second kappa shape index (κ2) is 6.75. The Morgan fingerprint density at radius 1 is 1.33 bits per heavy atom. The molecule has 74 valence electrons. The average molecular weight is 192 g/mol. The van der Waals surface area contributed by atoms with Crippen LogP contribution in [-0.2, 0) is 4.74 Å². The van der Waals surface area contributed by atoms with Gasteiger partial charge in [-0.1, -0.05) is 13.8 Å². The number of rotatable bonds is 6. The molecule has 12 heavy (non-hydrogen) atoms. The summed E-state index contributed by atoms with van der Waals surface area (Å²) < 4.78 is 4.98. The maximum atomic E-state index is 9.24. The number of hydrogen-bond acceptors (Lipinski definition) is 3. The quantitative estimate of drug-likeness (QED) is 0.697. The first-order valence-electron chi connectivity index (χ1n) is 4.40. The molecule has 3 atom stereocenters. The molecule has 0 aliphatic heterocycles. The highest BCUT2D eigenvalue weighted by Gasteiger charge is 2.13. The molecular weight excluding hydrogens is 172 g/mol. The van der Waals surface area contributed by atoms with Crippen LogP contribution in [0, 0.1) is 0 Å². The van der Waals surface area contributed by atoms with Gasteiger partial charge in [0.2, 0.25) is 0 Å². The first-order valence-corrected chi connectivity index (χ1v) is 5.34. The van der Waals surface area contributed by atoms with Crippen LogP contribution < -0.4 is 0 Å². The van der Waals surface area contributed by atoms with Crippen LogP contribution in [0.3, 0.4) is 0 Å². The van der Waals surface area contributed by atoms with Crippen LogP contribution >= 0.6 is 11.8 Å². The zero-order valence-electron chi connectivity index (χ0n) is 8.41. The number of ether oxygens (including phenoxy) is 1. The Balaban J connectivity index is 3.47. The zero-order chi connectivity index (χ0) is 9.56. The summed E-state index contributed by atoms with van der Waals surface area (Å²) in [7, 11) is 1.72. The highest BCUT2D eigenvalue weighted by molar-refractivity contribution is 8.00. The molecule has 0 saturated carbocycles. The topological polar surface area (TPSA) is 29.5 Å². The van der Waals surface area contributed by atoms with Crippen molar-refractivity contribution in [1.29, 1.82) is 0 Å². The maximum Gasteiger partial charge on any atom is 0.0628 e. The van der Waals surface area contributed by atoms with E-state index in [1.807, 2.05) is 18.7 Å². The Morgan fingerprint density at radius 3 is 2.33 bits per heavy atom. The van der Waals surface area contributed by atoms with Gasteiger partial charge in [-0.15, -0.1) is 0 Å². The summed E-state index contributed by atoms with van der Waals surface area (Å²) in [6.45, 7) is 6.86. The minimum atomic E-state index is -0.222. The first-order chi connectivity index (χ1) is 5.57. The van der Waals surface area contributed by atoms with Crippen molar-refractivity contribution in [3.8, 4) is 0 Å². The molecule has 0 aromatic heterocycles. The van der Waals surface area contributed by atoms with Gasteiger partial charge in [0.05, 0.1) is 6.10 Å². The normalized spacial score (nSPS) is 18.8. The van der Waals surface area contributed by atoms with Gasteiger partial charge in [0.1, 0.15) is 0 Å². The average Bonchev–Trinajstić information content (AvgIpc) is 2.00. The van der Waals surface area contributed by atoms with E-state index in [1.54, 1.807) is 7.11 Å². The number of aliphatic hydroxyl groups excluding tert-OH is 1. The summed E-state index contributed by atoms with van der Waals surface area (Å²) in [5.41, 5.74) is 0. The molecule has 2 nitrogen and oxygen atoms in total. The van der Waals surface area contributed by atoms with Crippen molar-refractivity contribution in [2.75, 3.05) is 13.7 Å². The molecule has 0 aromatic rings. The fourth-order valence-corrected chi connectivity index (χ4v) is 2.02. The highest BCUT2D eigenvalue weighted by atomic mass is 32.2. The van der Waals surface area contributed by atoms with Crippen molar-refractivity contribution in [2.24, 2.45) is 0 Å². The van der Waals surface area contributed by atoms with E-state index in [9.17, 15) is 5.11 Å². The molecule has 0 amide bonds. The Bertz CT molecular complexity index is 107. The first kappa shape index (κ1) is 12.3. The van der Waals surface area contributed by atoms with Crippen molar-refractivity contribution in [3.63, 3.8) is 0 Å². The second-order valence-corrected chi connectivity index (χ2v) is 4.99. The molecule has 0 fully saturated rings. The number of hydrogen-bond donors (Lipinski definition) is 1. The molecule has 0 saturated heterocycles. The molecule has 3 heteroatoms. The van der Waals surface area contributed by atoms with E-state index in [4.69, 9.17) is 4.74 Å². The van der Waals surface area contributed by atoms with Crippen LogP contribution in [-0.4, -0.2) is 35.4 Å². The van der Waals surface area contributed by atoms with Gasteiger partial charge in [0.15, 0.2) is 0 Å². The standard InChI is InChI=1S/C9H20O2S/c1-7(5-6-11-4)12-9(3)8(2)10/h7-10H,5-6H2,1-4H3. The predicted molar refractivity (Wildman–Crippen MR) is 54.7 cm³/mol. The van der Waals surface area contributed by atoms with Gasteiger partial charge in [-0.25, -0.2) is 0 Å². The van der Waals surface area contributed by atoms with Crippen molar-refractivity contribution in [2.45, 2.75) is 43.8 Å². The molecule has 1 N–H and O–H groups in total. The Kier molecular flexibility index (Phi) is 6.90. The Hall–Kier alpha value is 0.270. The van der Waals surface area contributed by atoms with E-state index >= 15 is 0 Å². The van der Waals surface area contributed by atoms with Gasteiger partial charge >= 0.3 is 0 Å². The summed E-state index contributed by atoms with van der Waals surface area (Å²) >= 11 is 1.82. The second-order valence-electron chi connectivity index (χ2n) is 3.17. The van der Waals surface area contributed by atoms with E-state index in [1.165, 1.54) is 0 Å². The number of methoxy groups -OCH3 is 1. The third-order valence-corrected chi connectivity index (χ3v) is 3.38. The smallest absolute Gasteiger partial charge is 0.0628 e. The Labute approximate surface area is 79.7 Å². The SMILES string of the molecule is COCCC(C)SC(C)C(C)O. The summed E-state index contributed by atoms with van der Waals surface area (Å²) in [6, 6.07) is 0. The van der Waals surface area contributed by atoms with E-state index in [0.29, 0.717) is 10.5 Å². The van der Waals surface area contributed by atoms with Gasteiger partial charge in [-0.3, -0.25) is 0 Å². The van der Waals surface area contributed by atoms with Crippen LogP contribution in [0.5, 0.6) is 0 Å². The number of aliphatic hydroxyl groups is 1. The summed E-state index contributed by atoms with van der Waals surface area (Å²) in [5.74, 6) is 0. The lowest BCUT2D eigenvalue weighted by molar-refractivity contribution is 0.191. The van der Waals surface area contributed by atoms with Gasteiger partial charge in [0.25, 0.3) is 0 Å². The zero-order valence-corrected chi connectivity index (χ0v) is 9.23. The van der Waals surface area contributed by atoms with Gasteiger partial charge < -0.3 is 9.84 Å². The predicted octanol–water partition coefficient (Wildman–Crippen LogP) is 1.91. The molecule has 3 unspecified atom stereocenters. The molecular formula is C9H20O2S. The fraction of sp³-hybridized carbons (Fsp3) is 1.00.